The predicted molar refractivity (Wildman–Crippen MR) is 68.3 cm³/mol. The first kappa shape index (κ1) is 11.8. The number of hydrogen-bond acceptors (Lipinski definition) is 2. The molecule has 0 amide bonds. The number of allylic oxidation sites excluding steroid dienone is 3. The summed E-state index contributed by atoms with van der Waals surface area (Å²) in [6, 6.07) is 0. The molecule has 3 nitrogen and oxygen atoms in total. The molecule has 1 aliphatic carbocycles. The Morgan fingerprint density at radius 3 is 2.59 bits per heavy atom. The lowest BCUT2D eigenvalue weighted by Gasteiger charge is -2.16. The normalized spacial score (nSPS) is 14.6. The number of aromatic nitrogens is 1. The largest absolute Gasteiger partial charge is 0.494 e. The molecular weight excluding hydrogens is 214 g/mol. The average Bonchev–Trinajstić information content (AvgIpc) is 2.54. The van der Waals surface area contributed by atoms with Crippen molar-refractivity contribution < 1.29 is 10.2 Å². The number of nitrogens with zero attached hydrogens (tertiary/aromatic N) is 1. The van der Waals surface area contributed by atoms with Crippen molar-refractivity contribution in [2.45, 2.75) is 33.2 Å². The first-order valence-corrected chi connectivity index (χ1v) is 5.98. The fourth-order valence-electron chi connectivity index (χ4n) is 2.35. The van der Waals surface area contributed by atoms with Crippen molar-refractivity contribution in [3.05, 3.63) is 35.4 Å². The van der Waals surface area contributed by atoms with Crippen molar-refractivity contribution in [1.29, 1.82) is 0 Å². The lowest BCUT2D eigenvalue weighted by atomic mass is 9.88. The van der Waals surface area contributed by atoms with E-state index in [1.54, 1.807) is 6.08 Å². The van der Waals surface area contributed by atoms with Crippen LogP contribution in [0.15, 0.2) is 24.3 Å². The summed E-state index contributed by atoms with van der Waals surface area (Å²) < 4.78 is 1.51. The molecule has 0 unspecified atom stereocenters. The van der Waals surface area contributed by atoms with Gasteiger partial charge in [-0.25, -0.2) is 0 Å². The smallest absolute Gasteiger partial charge is 0.198 e. The second kappa shape index (κ2) is 4.32. The van der Waals surface area contributed by atoms with Gasteiger partial charge in [0.1, 0.15) is 0 Å². The highest BCUT2D eigenvalue weighted by atomic mass is 16.3. The number of aromatic hydroxyl groups is 2. The minimum absolute atomic E-state index is 0.177. The number of hydrogen-bond donors (Lipinski definition) is 2. The van der Waals surface area contributed by atoms with Crippen molar-refractivity contribution in [1.82, 2.24) is 4.57 Å². The predicted octanol–water partition coefficient (Wildman–Crippen LogP) is 2.77. The van der Waals surface area contributed by atoms with Gasteiger partial charge >= 0.3 is 0 Å². The molecule has 0 saturated heterocycles. The molecule has 92 valence electrons. The molecule has 2 rings (SSSR count). The summed E-state index contributed by atoms with van der Waals surface area (Å²) in [5, 5.41) is 20.2. The van der Waals surface area contributed by atoms with E-state index in [2.05, 4.69) is 26.5 Å². The maximum absolute atomic E-state index is 10.1. The van der Waals surface area contributed by atoms with E-state index in [0.717, 1.165) is 17.5 Å². The summed E-state index contributed by atoms with van der Waals surface area (Å²) >= 11 is 0. The summed E-state index contributed by atoms with van der Waals surface area (Å²) in [4.78, 5) is 0. The second-order valence-electron chi connectivity index (χ2n) is 4.82. The maximum atomic E-state index is 10.1. The molecule has 0 fully saturated rings. The van der Waals surface area contributed by atoms with Crippen LogP contribution in [0.2, 0.25) is 0 Å². The minimum Gasteiger partial charge on any atom is -0.494 e. The molecule has 3 heteroatoms. The van der Waals surface area contributed by atoms with Crippen LogP contribution in [0, 0.1) is 5.92 Å². The number of fused-ring (bicyclic) bond motifs is 1. The number of rotatable bonds is 3. The molecule has 0 aliphatic heterocycles. The van der Waals surface area contributed by atoms with E-state index < -0.39 is 0 Å². The van der Waals surface area contributed by atoms with Crippen LogP contribution in [0.3, 0.4) is 0 Å². The molecular formula is C14H19NO2. The fraction of sp³-hybridized carbons (Fsp3) is 0.429. The van der Waals surface area contributed by atoms with Crippen LogP contribution in [0.4, 0.5) is 0 Å². The lowest BCUT2D eigenvalue weighted by molar-refractivity contribution is 0.376. The molecule has 0 atom stereocenters. The highest BCUT2D eigenvalue weighted by molar-refractivity contribution is 5.51. The molecule has 2 N–H and O–H groups in total. The van der Waals surface area contributed by atoms with E-state index in [1.807, 2.05) is 0 Å². The Bertz CT molecular complexity index is 481. The van der Waals surface area contributed by atoms with E-state index in [4.69, 9.17) is 0 Å². The van der Waals surface area contributed by atoms with Crippen LogP contribution in [0.25, 0.3) is 0 Å². The summed E-state index contributed by atoms with van der Waals surface area (Å²) in [6.07, 6.45) is 5.26. The molecule has 0 bridgehead atoms. The standard InChI is InChI=1S/C14H19NO2/c1-4-7-15-13(16)11-6-5-10(9(2)3)8-12(11)14(15)17/h4-5,9,16-17H,1,6-8H2,2-3H3. The van der Waals surface area contributed by atoms with Gasteiger partial charge in [0.25, 0.3) is 0 Å². The Balaban J connectivity index is 2.42. The first-order valence-electron chi connectivity index (χ1n) is 5.98. The highest BCUT2D eigenvalue weighted by Crippen LogP contribution is 2.39. The third-order valence-corrected chi connectivity index (χ3v) is 3.42. The minimum atomic E-state index is 0.177. The second-order valence-corrected chi connectivity index (χ2v) is 4.82. The zero-order valence-corrected chi connectivity index (χ0v) is 10.4. The molecule has 0 saturated carbocycles. The molecule has 1 aliphatic rings. The van der Waals surface area contributed by atoms with E-state index in [9.17, 15) is 10.2 Å². The monoisotopic (exact) mass is 233 g/mol. The van der Waals surface area contributed by atoms with Crippen LogP contribution < -0.4 is 0 Å². The van der Waals surface area contributed by atoms with Gasteiger partial charge in [-0.2, -0.15) is 0 Å². The van der Waals surface area contributed by atoms with Gasteiger partial charge in [-0.1, -0.05) is 31.6 Å². The van der Waals surface area contributed by atoms with Crippen LogP contribution in [-0.2, 0) is 19.4 Å². The van der Waals surface area contributed by atoms with Crippen molar-refractivity contribution in [2.75, 3.05) is 0 Å². The van der Waals surface area contributed by atoms with E-state index in [1.165, 1.54) is 10.1 Å². The third-order valence-electron chi connectivity index (χ3n) is 3.42. The van der Waals surface area contributed by atoms with Crippen molar-refractivity contribution in [2.24, 2.45) is 5.92 Å². The summed E-state index contributed by atoms with van der Waals surface area (Å²) in [6.45, 7) is 8.36. The Morgan fingerprint density at radius 1 is 1.35 bits per heavy atom. The van der Waals surface area contributed by atoms with Crippen molar-refractivity contribution in [3.8, 4) is 11.8 Å². The van der Waals surface area contributed by atoms with Crippen LogP contribution in [0.5, 0.6) is 11.8 Å². The zero-order valence-electron chi connectivity index (χ0n) is 10.4. The highest BCUT2D eigenvalue weighted by Gasteiger charge is 2.25. The van der Waals surface area contributed by atoms with Gasteiger partial charge in [-0.3, -0.25) is 4.57 Å². The maximum Gasteiger partial charge on any atom is 0.198 e. The zero-order chi connectivity index (χ0) is 12.6. The first-order chi connectivity index (χ1) is 8.06. The van der Waals surface area contributed by atoms with E-state index >= 15 is 0 Å². The summed E-state index contributed by atoms with van der Waals surface area (Å²) in [5.41, 5.74) is 3.05. The van der Waals surface area contributed by atoms with Crippen LogP contribution in [0.1, 0.15) is 25.0 Å². The van der Waals surface area contributed by atoms with E-state index in [-0.39, 0.29) is 11.8 Å². The van der Waals surface area contributed by atoms with E-state index in [0.29, 0.717) is 18.9 Å². The van der Waals surface area contributed by atoms with Crippen molar-refractivity contribution >= 4 is 0 Å². The van der Waals surface area contributed by atoms with Crippen molar-refractivity contribution in [3.63, 3.8) is 0 Å². The topological polar surface area (TPSA) is 45.4 Å². The quantitative estimate of drug-likeness (QED) is 0.788. The van der Waals surface area contributed by atoms with Gasteiger partial charge < -0.3 is 10.2 Å². The molecule has 1 aromatic rings. The Kier molecular flexibility index (Phi) is 3.01. The van der Waals surface area contributed by atoms with Gasteiger partial charge in [0.05, 0.1) is 0 Å². The Labute approximate surface area is 102 Å². The van der Waals surface area contributed by atoms with Gasteiger partial charge in [-0.05, 0) is 18.8 Å². The van der Waals surface area contributed by atoms with Crippen LogP contribution >= 0.6 is 0 Å². The van der Waals surface area contributed by atoms with Gasteiger partial charge in [-0.15, -0.1) is 6.58 Å². The molecule has 0 radical (unpaired) electrons. The average molecular weight is 233 g/mol. The molecule has 0 aromatic carbocycles. The molecule has 1 aromatic heterocycles. The summed E-state index contributed by atoms with van der Waals surface area (Å²) in [5.74, 6) is 0.840. The SMILES string of the molecule is C=CCn1c(O)c2c(c1O)CC(C(C)C)=CC2. The molecule has 0 spiro atoms. The molecule has 17 heavy (non-hydrogen) atoms. The fourth-order valence-corrected chi connectivity index (χ4v) is 2.35. The van der Waals surface area contributed by atoms with Gasteiger partial charge in [0.15, 0.2) is 11.8 Å². The Morgan fingerprint density at radius 2 is 2.00 bits per heavy atom. The van der Waals surface area contributed by atoms with Crippen LogP contribution in [-0.4, -0.2) is 14.8 Å². The van der Waals surface area contributed by atoms with Gasteiger partial charge in [0.2, 0.25) is 0 Å². The lowest BCUT2D eigenvalue weighted by Crippen LogP contribution is -2.05. The molecule has 1 heterocycles. The third kappa shape index (κ3) is 1.86. The van der Waals surface area contributed by atoms with Gasteiger partial charge in [0, 0.05) is 17.7 Å². The Hall–Kier alpha value is -1.64. The summed E-state index contributed by atoms with van der Waals surface area (Å²) in [7, 11) is 0.